The number of rotatable bonds is 9. The third-order valence-electron chi connectivity index (χ3n) is 3.80. The third-order valence-corrected chi connectivity index (χ3v) is 4.74. The molecule has 0 aliphatic carbocycles. The number of benzene rings is 1. The van der Waals surface area contributed by atoms with E-state index in [0.717, 1.165) is 25.1 Å². The summed E-state index contributed by atoms with van der Waals surface area (Å²) in [6, 6.07) is 9.55. The van der Waals surface area contributed by atoms with Gasteiger partial charge in [-0.1, -0.05) is 12.1 Å². The van der Waals surface area contributed by atoms with E-state index in [4.69, 9.17) is 9.47 Å². The van der Waals surface area contributed by atoms with Crippen molar-refractivity contribution < 1.29 is 14.6 Å². The summed E-state index contributed by atoms with van der Waals surface area (Å²) in [5.41, 5.74) is 0.737. The fourth-order valence-electron chi connectivity index (χ4n) is 2.44. The van der Waals surface area contributed by atoms with Gasteiger partial charge in [-0.2, -0.15) is 0 Å². The molecule has 1 aromatic heterocycles. The Bertz CT molecular complexity index is 689. The van der Waals surface area contributed by atoms with Gasteiger partial charge in [0.2, 0.25) is 0 Å². The van der Waals surface area contributed by atoms with Gasteiger partial charge in [0, 0.05) is 18.0 Å². The Morgan fingerprint density at radius 3 is 2.65 bits per heavy atom. The lowest BCUT2D eigenvalue weighted by molar-refractivity contribution is 0.186. The molecule has 2 aromatic rings. The van der Waals surface area contributed by atoms with Gasteiger partial charge < -0.3 is 25.2 Å². The van der Waals surface area contributed by atoms with Crippen molar-refractivity contribution in [3.8, 4) is 11.5 Å². The van der Waals surface area contributed by atoms with Crippen molar-refractivity contribution in [3.63, 3.8) is 0 Å². The molecule has 0 aliphatic rings. The van der Waals surface area contributed by atoms with Crippen LogP contribution in [0.15, 0.2) is 40.7 Å². The van der Waals surface area contributed by atoms with Gasteiger partial charge in [-0.3, -0.25) is 4.99 Å². The molecule has 3 N–H and O–H groups in total. The molecule has 1 atom stereocenters. The van der Waals surface area contributed by atoms with E-state index in [1.54, 1.807) is 37.7 Å². The number of aliphatic imine (C=N–C) groups is 1. The second-order valence-electron chi connectivity index (χ2n) is 5.61. The summed E-state index contributed by atoms with van der Waals surface area (Å²) in [7, 11) is 3.16. The molecule has 1 unspecified atom stereocenters. The molecule has 2 rings (SSSR count). The molecule has 0 spiro atoms. The van der Waals surface area contributed by atoms with E-state index in [-0.39, 0.29) is 6.54 Å². The lowest BCUT2D eigenvalue weighted by Gasteiger charge is -2.14. The third kappa shape index (κ3) is 5.93. The van der Waals surface area contributed by atoms with Gasteiger partial charge in [-0.25, -0.2) is 0 Å². The number of nitrogens with one attached hydrogen (secondary N) is 2. The molecule has 0 amide bonds. The predicted octanol–water partition coefficient (Wildman–Crippen LogP) is 2.60. The minimum absolute atomic E-state index is 0.254. The Kier molecular flexibility index (Phi) is 8.24. The fraction of sp³-hybridized carbons (Fsp3) is 0.421. The number of guanidine groups is 1. The van der Waals surface area contributed by atoms with E-state index in [9.17, 15) is 5.11 Å². The Balaban J connectivity index is 1.94. The molecule has 0 saturated carbocycles. The number of aliphatic hydroxyl groups excluding tert-OH is 1. The number of nitrogens with zero attached hydrogens (tertiary/aromatic N) is 1. The predicted molar refractivity (Wildman–Crippen MR) is 107 cm³/mol. The first-order valence-corrected chi connectivity index (χ1v) is 9.50. The molecule has 1 aromatic carbocycles. The standard InChI is InChI=1S/C19H27N3O3S/c1-4-20-19(21-10-9-15-6-5-11-26-15)22-13-16(23)14-7-8-17(24-2)18(12-14)25-3/h5-8,11-12,16,23H,4,9-10,13H2,1-3H3,(H2,20,21,22). The van der Waals surface area contributed by atoms with Gasteiger partial charge in [-0.05, 0) is 42.5 Å². The van der Waals surface area contributed by atoms with E-state index in [2.05, 4.69) is 33.1 Å². The van der Waals surface area contributed by atoms with E-state index in [0.29, 0.717) is 17.5 Å². The second kappa shape index (κ2) is 10.7. The maximum absolute atomic E-state index is 10.4. The van der Waals surface area contributed by atoms with Crippen molar-refractivity contribution in [1.82, 2.24) is 10.6 Å². The highest BCUT2D eigenvalue weighted by molar-refractivity contribution is 7.09. The summed E-state index contributed by atoms with van der Waals surface area (Å²) < 4.78 is 10.5. The molecule has 142 valence electrons. The van der Waals surface area contributed by atoms with Crippen LogP contribution in [-0.2, 0) is 6.42 Å². The number of methoxy groups -OCH3 is 2. The quantitative estimate of drug-likeness (QED) is 0.463. The van der Waals surface area contributed by atoms with Crippen LogP contribution in [0.1, 0.15) is 23.5 Å². The lowest BCUT2D eigenvalue weighted by atomic mass is 10.1. The largest absolute Gasteiger partial charge is 0.493 e. The average molecular weight is 378 g/mol. The van der Waals surface area contributed by atoms with E-state index in [1.165, 1.54) is 4.88 Å². The monoisotopic (exact) mass is 377 g/mol. The van der Waals surface area contributed by atoms with E-state index < -0.39 is 6.10 Å². The average Bonchev–Trinajstić information content (AvgIpc) is 3.18. The summed E-state index contributed by atoms with van der Waals surface area (Å²) in [5.74, 6) is 1.92. The molecule has 0 saturated heterocycles. The molecule has 0 aliphatic heterocycles. The van der Waals surface area contributed by atoms with Gasteiger partial charge in [0.05, 0.1) is 26.9 Å². The molecular weight excluding hydrogens is 350 g/mol. The summed E-state index contributed by atoms with van der Waals surface area (Å²) in [6.45, 7) is 3.82. The summed E-state index contributed by atoms with van der Waals surface area (Å²) >= 11 is 1.75. The molecule has 26 heavy (non-hydrogen) atoms. The molecule has 7 heteroatoms. The minimum Gasteiger partial charge on any atom is -0.493 e. The van der Waals surface area contributed by atoms with Gasteiger partial charge >= 0.3 is 0 Å². The second-order valence-corrected chi connectivity index (χ2v) is 6.64. The highest BCUT2D eigenvalue weighted by Gasteiger charge is 2.12. The van der Waals surface area contributed by atoms with Crippen LogP contribution in [0.25, 0.3) is 0 Å². The fourth-order valence-corrected chi connectivity index (χ4v) is 3.15. The van der Waals surface area contributed by atoms with Crippen LogP contribution in [-0.4, -0.2) is 44.9 Å². The normalized spacial score (nSPS) is 12.5. The van der Waals surface area contributed by atoms with Crippen LogP contribution in [0.2, 0.25) is 0 Å². The summed E-state index contributed by atoms with van der Waals surface area (Å²) in [5, 5.41) is 19.0. The number of ether oxygens (including phenoxy) is 2. The first kappa shape index (κ1) is 20.1. The van der Waals surface area contributed by atoms with Crippen molar-refractivity contribution in [2.75, 3.05) is 33.9 Å². The smallest absolute Gasteiger partial charge is 0.191 e. The first-order valence-electron chi connectivity index (χ1n) is 8.62. The lowest BCUT2D eigenvalue weighted by Crippen LogP contribution is -2.38. The molecule has 0 radical (unpaired) electrons. The zero-order valence-electron chi connectivity index (χ0n) is 15.5. The Labute approximate surface area is 158 Å². The number of aliphatic hydroxyl groups is 1. The van der Waals surface area contributed by atoms with Crippen LogP contribution in [0, 0.1) is 0 Å². The molecule has 1 heterocycles. The SMILES string of the molecule is CCNC(=NCC(O)c1ccc(OC)c(OC)c1)NCCc1cccs1. The highest BCUT2D eigenvalue weighted by atomic mass is 32.1. The Morgan fingerprint density at radius 1 is 1.19 bits per heavy atom. The van der Waals surface area contributed by atoms with Crippen molar-refractivity contribution in [2.24, 2.45) is 4.99 Å². The van der Waals surface area contributed by atoms with Gasteiger partial charge in [0.15, 0.2) is 17.5 Å². The van der Waals surface area contributed by atoms with Gasteiger partial charge in [0.1, 0.15) is 0 Å². The zero-order chi connectivity index (χ0) is 18.8. The number of hydrogen-bond acceptors (Lipinski definition) is 5. The van der Waals surface area contributed by atoms with Crippen LogP contribution >= 0.6 is 11.3 Å². The summed E-state index contributed by atoms with van der Waals surface area (Å²) in [6.07, 6.45) is 0.225. The van der Waals surface area contributed by atoms with Gasteiger partial charge in [-0.15, -0.1) is 11.3 Å². The van der Waals surface area contributed by atoms with Crippen molar-refractivity contribution in [1.29, 1.82) is 0 Å². The van der Waals surface area contributed by atoms with Crippen LogP contribution < -0.4 is 20.1 Å². The zero-order valence-corrected chi connectivity index (χ0v) is 16.3. The maximum Gasteiger partial charge on any atom is 0.191 e. The highest BCUT2D eigenvalue weighted by Crippen LogP contribution is 2.30. The van der Waals surface area contributed by atoms with Crippen LogP contribution in [0.5, 0.6) is 11.5 Å². The molecule has 0 fully saturated rings. The van der Waals surface area contributed by atoms with Gasteiger partial charge in [0.25, 0.3) is 0 Å². The first-order chi connectivity index (χ1) is 12.7. The van der Waals surface area contributed by atoms with Crippen molar-refractivity contribution in [2.45, 2.75) is 19.4 Å². The molecule has 6 nitrogen and oxygen atoms in total. The number of hydrogen-bond donors (Lipinski definition) is 3. The van der Waals surface area contributed by atoms with Crippen LogP contribution in [0.4, 0.5) is 0 Å². The molecule has 0 bridgehead atoms. The van der Waals surface area contributed by atoms with Crippen molar-refractivity contribution in [3.05, 3.63) is 46.2 Å². The number of thiophene rings is 1. The van der Waals surface area contributed by atoms with E-state index >= 15 is 0 Å². The Morgan fingerprint density at radius 2 is 2.00 bits per heavy atom. The maximum atomic E-state index is 10.4. The Hall–Kier alpha value is -2.25. The topological polar surface area (TPSA) is 75.1 Å². The van der Waals surface area contributed by atoms with Crippen LogP contribution in [0.3, 0.4) is 0 Å². The van der Waals surface area contributed by atoms with Crippen molar-refractivity contribution >= 4 is 17.3 Å². The minimum atomic E-state index is -0.720. The summed E-state index contributed by atoms with van der Waals surface area (Å²) in [4.78, 5) is 5.81. The molecular formula is C19H27N3O3S. The van der Waals surface area contributed by atoms with E-state index in [1.807, 2.05) is 13.0 Å².